The van der Waals surface area contributed by atoms with Crippen molar-refractivity contribution in [2.45, 2.75) is 65.5 Å². The van der Waals surface area contributed by atoms with Crippen molar-refractivity contribution in [2.24, 2.45) is 0 Å². The summed E-state index contributed by atoms with van der Waals surface area (Å²) in [7, 11) is 0. The summed E-state index contributed by atoms with van der Waals surface area (Å²) in [6.45, 7) is 9.01. The fourth-order valence-corrected chi connectivity index (χ4v) is 2.52. The Balaban J connectivity index is 2.63. The lowest BCUT2D eigenvalue weighted by Crippen LogP contribution is -2.31. The van der Waals surface area contributed by atoms with Crippen molar-refractivity contribution in [2.75, 3.05) is 0 Å². The van der Waals surface area contributed by atoms with Crippen LogP contribution in [0.25, 0.3) is 0 Å². The number of nitrogens with one attached hydrogen (secondary N) is 1. The van der Waals surface area contributed by atoms with Gasteiger partial charge in [-0.05, 0) is 37.8 Å². The van der Waals surface area contributed by atoms with E-state index in [4.69, 9.17) is 0 Å². The first-order valence-corrected chi connectivity index (χ1v) is 7.00. The van der Waals surface area contributed by atoms with E-state index in [1.54, 1.807) is 0 Å². The van der Waals surface area contributed by atoms with Crippen LogP contribution in [-0.2, 0) is 0 Å². The van der Waals surface area contributed by atoms with Gasteiger partial charge < -0.3 is 5.32 Å². The van der Waals surface area contributed by atoms with Crippen molar-refractivity contribution in [1.29, 1.82) is 0 Å². The standard InChI is InChI=1S/C16H27N/c1-5-9-15(10-6-2)17-14(4)16-12-8-7-11-13(16)3/h7-8,11-12,14-15,17H,5-6,9-10H2,1-4H3/t14-/m1/s1. The summed E-state index contributed by atoms with van der Waals surface area (Å²) < 4.78 is 0. The van der Waals surface area contributed by atoms with Crippen molar-refractivity contribution in [3.63, 3.8) is 0 Å². The summed E-state index contributed by atoms with van der Waals surface area (Å²) in [5, 5.41) is 3.78. The first-order valence-electron chi connectivity index (χ1n) is 7.00. The first-order chi connectivity index (χ1) is 8.19. The minimum Gasteiger partial charge on any atom is -0.307 e. The summed E-state index contributed by atoms with van der Waals surface area (Å²) in [4.78, 5) is 0. The molecule has 1 aromatic carbocycles. The molecule has 1 aromatic rings. The van der Waals surface area contributed by atoms with Gasteiger partial charge in [0.15, 0.2) is 0 Å². The molecule has 1 atom stereocenters. The average molecular weight is 233 g/mol. The lowest BCUT2D eigenvalue weighted by Gasteiger charge is -2.24. The molecule has 0 heterocycles. The third-order valence-electron chi connectivity index (χ3n) is 3.41. The van der Waals surface area contributed by atoms with Crippen molar-refractivity contribution in [1.82, 2.24) is 5.32 Å². The Bertz CT molecular complexity index is 313. The Morgan fingerprint density at radius 1 is 1.06 bits per heavy atom. The summed E-state index contributed by atoms with van der Waals surface area (Å²) in [5.74, 6) is 0. The zero-order chi connectivity index (χ0) is 12.7. The van der Waals surface area contributed by atoms with Gasteiger partial charge in [0.1, 0.15) is 0 Å². The Labute approximate surface area is 107 Å². The highest BCUT2D eigenvalue weighted by Gasteiger charge is 2.13. The van der Waals surface area contributed by atoms with E-state index in [1.165, 1.54) is 36.8 Å². The van der Waals surface area contributed by atoms with E-state index in [2.05, 4.69) is 57.3 Å². The third kappa shape index (κ3) is 4.51. The SMILES string of the molecule is CCCC(CCC)N[C@H](C)c1ccccc1C. The third-order valence-corrected chi connectivity index (χ3v) is 3.41. The summed E-state index contributed by atoms with van der Waals surface area (Å²) in [6, 6.07) is 9.80. The molecule has 0 unspecified atom stereocenters. The van der Waals surface area contributed by atoms with Gasteiger partial charge in [-0.25, -0.2) is 0 Å². The maximum absolute atomic E-state index is 3.78. The molecule has 0 aromatic heterocycles. The van der Waals surface area contributed by atoms with Gasteiger partial charge in [-0.3, -0.25) is 0 Å². The fraction of sp³-hybridized carbons (Fsp3) is 0.625. The molecule has 1 rings (SSSR count). The number of aryl methyl sites for hydroxylation is 1. The second-order valence-electron chi connectivity index (χ2n) is 5.02. The van der Waals surface area contributed by atoms with E-state index < -0.39 is 0 Å². The maximum Gasteiger partial charge on any atom is 0.0296 e. The zero-order valence-electron chi connectivity index (χ0n) is 11.8. The summed E-state index contributed by atoms with van der Waals surface area (Å²) in [6.07, 6.45) is 5.09. The minimum atomic E-state index is 0.458. The van der Waals surface area contributed by atoms with Crippen LogP contribution in [0.3, 0.4) is 0 Å². The monoisotopic (exact) mass is 233 g/mol. The van der Waals surface area contributed by atoms with Crippen LogP contribution in [0, 0.1) is 6.92 Å². The predicted octanol–water partition coefficient (Wildman–Crippen LogP) is 4.61. The summed E-state index contributed by atoms with van der Waals surface area (Å²) >= 11 is 0. The molecule has 0 aliphatic heterocycles. The molecular weight excluding hydrogens is 206 g/mol. The van der Waals surface area contributed by atoms with E-state index >= 15 is 0 Å². The number of rotatable bonds is 7. The van der Waals surface area contributed by atoms with Gasteiger partial charge in [-0.1, -0.05) is 51.0 Å². The zero-order valence-corrected chi connectivity index (χ0v) is 11.8. The van der Waals surface area contributed by atoms with Crippen molar-refractivity contribution in [3.8, 4) is 0 Å². The van der Waals surface area contributed by atoms with Crippen LogP contribution in [0.1, 0.15) is 63.6 Å². The second-order valence-corrected chi connectivity index (χ2v) is 5.02. The number of hydrogen-bond acceptors (Lipinski definition) is 1. The van der Waals surface area contributed by atoms with Gasteiger partial charge in [0.05, 0.1) is 0 Å². The van der Waals surface area contributed by atoms with Crippen molar-refractivity contribution >= 4 is 0 Å². The van der Waals surface area contributed by atoms with Gasteiger partial charge in [0.2, 0.25) is 0 Å². The number of benzene rings is 1. The van der Waals surface area contributed by atoms with Gasteiger partial charge in [-0.2, -0.15) is 0 Å². The van der Waals surface area contributed by atoms with E-state index in [0.717, 1.165) is 0 Å². The first kappa shape index (κ1) is 14.2. The van der Waals surface area contributed by atoms with E-state index in [9.17, 15) is 0 Å². The largest absolute Gasteiger partial charge is 0.307 e. The van der Waals surface area contributed by atoms with E-state index in [0.29, 0.717) is 12.1 Å². The molecule has 0 saturated carbocycles. The molecule has 0 spiro atoms. The van der Waals surface area contributed by atoms with Gasteiger partial charge in [0.25, 0.3) is 0 Å². The number of hydrogen-bond donors (Lipinski definition) is 1. The van der Waals surface area contributed by atoms with Crippen molar-refractivity contribution in [3.05, 3.63) is 35.4 Å². The van der Waals surface area contributed by atoms with E-state index in [1.807, 2.05) is 0 Å². The Morgan fingerprint density at radius 3 is 2.18 bits per heavy atom. The molecule has 0 aliphatic carbocycles. The normalized spacial score (nSPS) is 13.0. The molecule has 0 amide bonds. The predicted molar refractivity (Wildman–Crippen MR) is 76.3 cm³/mol. The van der Waals surface area contributed by atoms with Crippen LogP contribution >= 0.6 is 0 Å². The topological polar surface area (TPSA) is 12.0 Å². The lowest BCUT2D eigenvalue weighted by molar-refractivity contribution is 0.402. The average Bonchev–Trinajstić information content (AvgIpc) is 2.30. The highest BCUT2D eigenvalue weighted by atomic mass is 14.9. The Morgan fingerprint density at radius 2 is 1.65 bits per heavy atom. The Hall–Kier alpha value is -0.820. The molecule has 17 heavy (non-hydrogen) atoms. The molecule has 96 valence electrons. The molecule has 0 fully saturated rings. The molecule has 1 N–H and O–H groups in total. The quantitative estimate of drug-likeness (QED) is 0.725. The molecule has 1 heteroatoms. The highest BCUT2D eigenvalue weighted by Crippen LogP contribution is 2.19. The van der Waals surface area contributed by atoms with Crippen LogP contribution < -0.4 is 5.32 Å². The van der Waals surface area contributed by atoms with Crippen LogP contribution in [0.15, 0.2) is 24.3 Å². The van der Waals surface area contributed by atoms with Crippen LogP contribution in [-0.4, -0.2) is 6.04 Å². The molecular formula is C16H27N. The molecule has 0 saturated heterocycles. The summed E-state index contributed by atoms with van der Waals surface area (Å²) in [5.41, 5.74) is 2.82. The smallest absolute Gasteiger partial charge is 0.0296 e. The second kappa shape index (κ2) is 7.50. The van der Waals surface area contributed by atoms with E-state index in [-0.39, 0.29) is 0 Å². The molecule has 0 bridgehead atoms. The van der Waals surface area contributed by atoms with Crippen LogP contribution in [0.2, 0.25) is 0 Å². The maximum atomic E-state index is 3.78. The molecule has 1 nitrogen and oxygen atoms in total. The fourth-order valence-electron chi connectivity index (χ4n) is 2.52. The van der Waals surface area contributed by atoms with Crippen LogP contribution in [0.5, 0.6) is 0 Å². The van der Waals surface area contributed by atoms with Gasteiger partial charge in [0, 0.05) is 12.1 Å². The molecule has 0 radical (unpaired) electrons. The van der Waals surface area contributed by atoms with Gasteiger partial charge in [-0.15, -0.1) is 0 Å². The highest BCUT2D eigenvalue weighted by molar-refractivity contribution is 5.28. The minimum absolute atomic E-state index is 0.458. The molecule has 0 aliphatic rings. The van der Waals surface area contributed by atoms with Gasteiger partial charge >= 0.3 is 0 Å². The van der Waals surface area contributed by atoms with Crippen molar-refractivity contribution < 1.29 is 0 Å². The Kier molecular flexibility index (Phi) is 6.28. The van der Waals surface area contributed by atoms with Crippen LogP contribution in [0.4, 0.5) is 0 Å². The lowest BCUT2D eigenvalue weighted by atomic mass is 9.99.